The van der Waals surface area contributed by atoms with Crippen LogP contribution in [0.3, 0.4) is 0 Å². The van der Waals surface area contributed by atoms with E-state index in [9.17, 15) is 10.1 Å². The van der Waals surface area contributed by atoms with E-state index in [-0.39, 0.29) is 18.1 Å². The number of halogens is 1. The van der Waals surface area contributed by atoms with Gasteiger partial charge in [-0.2, -0.15) is 0 Å². The van der Waals surface area contributed by atoms with Crippen LogP contribution in [0.1, 0.15) is 6.92 Å². The Morgan fingerprint density at radius 1 is 1.48 bits per heavy atom. The highest BCUT2D eigenvalue weighted by molar-refractivity contribution is 7.16. The molecule has 1 heterocycles. The molecule has 2 rings (SSSR count). The molecule has 0 fully saturated rings. The molecule has 0 aliphatic carbocycles. The number of aryl methyl sites for hydroxylation is 1. The van der Waals surface area contributed by atoms with Crippen LogP contribution in [-0.2, 0) is 16.2 Å². The van der Waals surface area contributed by atoms with E-state index < -0.39 is 4.92 Å². The number of hydrogen-bond acceptors (Lipinski definition) is 7. The van der Waals surface area contributed by atoms with Gasteiger partial charge in [0.05, 0.1) is 22.2 Å². The van der Waals surface area contributed by atoms with E-state index in [2.05, 4.69) is 15.9 Å². The normalized spacial score (nSPS) is 10.6. The van der Waals surface area contributed by atoms with Crippen molar-refractivity contribution < 1.29 is 14.6 Å². The van der Waals surface area contributed by atoms with Crippen molar-refractivity contribution in [3.8, 4) is 0 Å². The summed E-state index contributed by atoms with van der Waals surface area (Å²) in [6.45, 7) is 2.72. The Hall–Kier alpha value is -1.68. The van der Waals surface area contributed by atoms with Crippen LogP contribution in [0, 0.1) is 10.1 Å². The fraction of sp³-hybridized carbons (Fsp3) is 0.364. The van der Waals surface area contributed by atoms with E-state index in [0.717, 1.165) is 16.8 Å². The minimum Gasteiger partial charge on any atom is -0.397 e. The van der Waals surface area contributed by atoms with Crippen molar-refractivity contribution in [2.75, 3.05) is 14.2 Å². The third-order valence-electron chi connectivity index (χ3n) is 2.36. The van der Waals surface area contributed by atoms with Gasteiger partial charge in [-0.3, -0.25) is 10.1 Å². The fourth-order valence-electron chi connectivity index (χ4n) is 1.63. The number of hydrogen-bond donors (Lipinski definition) is 1. The number of rotatable bonds is 3. The smallest absolute Gasteiger partial charge is 0.270 e. The van der Waals surface area contributed by atoms with E-state index >= 15 is 0 Å². The van der Waals surface area contributed by atoms with Crippen molar-refractivity contribution in [2.45, 2.75) is 13.5 Å². The summed E-state index contributed by atoms with van der Waals surface area (Å²) in [6.07, 6.45) is 0. The van der Waals surface area contributed by atoms with Gasteiger partial charge in [0.15, 0.2) is 0 Å². The lowest BCUT2D eigenvalue weighted by Crippen LogP contribution is -2.13. The van der Waals surface area contributed by atoms with E-state index in [1.807, 2.05) is 11.5 Å². The van der Waals surface area contributed by atoms with Crippen molar-refractivity contribution in [1.29, 1.82) is 0 Å². The van der Waals surface area contributed by atoms with Crippen LogP contribution >= 0.6 is 23.7 Å². The van der Waals surface area contributed by atoms with Crippen molar-refractivity contribution in [1.82, 2.24) is 4.57 Å². The molecule has 2 aromatic rings. The Balaban J connectivity index is 0.000000922. The quantitative estimate of drug-likeness (QED) is 0.682. The number of nitrogens with zero attached hydrogens (tertiary/aromatic N) is 3. The Kier molecular flexibility index (Phi) is 8.55. The second-order valence-corrected chi connectivity index (χ2v) is 4.56. The first-order chi connectivity index (χ1) is 9.58. The van der Waals surface area contributed by atoms with Gasteiger partial charge in [-0.05, 0) is 13.0 Å². The summed E-state index contributed by atoms with van der Waals surface area (Å²) >= 11 is 1.37. The molecule has 0 amide bonds. The maximum Gasteiger partial charge on any atom is 0.270 e. The van der Waals surface area contributed by atoms with Gasteiger partial charge in [0.2, 0.25) is 4.80 Å². The van der Waals surface area contributed by atoms with Crippen molar-refractivity contribution in [3.63, 3.8) is 0 Å². The molecule has 0 unspecified atom stereocenters. The minimum absolute atomic E-state index is 0. The molecular formula is C11H17ClN4O4S. The number of benzene rings is 1. The first-order valence-electron chi connectivity index (χ1n) is 5.66. The van der Waals surface area contributed by atoms with Gasteiger partial charge >= 0.3 is 0 Å². The molecule has 118 valence electrons. The van der Waals surface area contributed by atoms with Gasteiger partial charge in [0.25, 0.3) is 5.69 Å². The molecule has 0 radical (unpaired) electrons. The van der Waals surface area contributed by atoms with Gasteiger partial charge in [-0.25, -0.2) is 5.90 Å². The van der Waals surface area contributed by atoms with Gasteiger partial charge < -0.3 is 14.2 Å². The second kappa shape index (κ2) is 9.29. The summed E-state index contributed by atoms with van der Waals surface area (Å²) in [4.78, 5) is 19.5. The molecule has 10 heteroatoms. The summed E-state index contributed by atoms with van der Waals surface area (Å²) in [6, 6.07) is 4.79. The Morgan fingerprint density at radius 3 is 2.57 bits per heavy atom. The number of nitrogens with two attached hydrogens (primary N) is 1. The molecule has 1 aromatic heterocycles. The summed E-state index contributed by atoms with van der Waals surface area (Å²) in [7, 11) is 2.88. The predicted octanol–water partition coefficient (Wildman–Crippen LogP) is 2.02. The van der Waals surface area contributed by atoms with Gasteiger partial charge in [-0.15, -0.1) is 12.4 Å². The molecule has 2 N–H and O–H groups in total. The highest BCUT2D eigenvalue weighted by Crippen LogP contribution is 2.23. The Morgan fingerprint density at radius 2 is 2.10 bits per heavy atom. The number of fused-ring (bicyclic) bond motifs is 1. The molecule has 0 aliphatic heterocycles. The zero-order chi connectivity index (χ0) is 15.1. The zero-order valence-electron chi connectivity index (χ0n) is 11.8. The molecule has 0 spiro atoms. The minimum atomic E-state index is -0.400. The van der Waals surface area contributed by atoms with Crippen molar-refractivity contribution in [3.05, 3.63) is 33.1 Å². The van der Waals surface area contributed by atoms with Gasteiger partial charge in [-0.1, -0.05) is 16.5 Å². The lowest BCUT2D eigenvalue weighted by atomic mass is 10.3. The zero-order valence-corrected chi connectivity index (χ0v) is 13.4. The molecule has 0 atom stereocenters. The topological polar surface area (TPSA) is 105 Å². The first-order valence-corrected chi connectivity index (χ1v) is 6.48. The third-order valence-corrected chi connectivity index (χ3v) is 3.39. The lowest BCUT2D eigenvalue weighted by Gasteiger charge is -1.99. The summed E-state index contributed by atoms with van der Waals surface area (Å²) in [5, 5.41) is 14.6. The second-order valence-electron chi connectivity index (χ2n) is 3.55. The van der Waals surface area contributed by atoms with Gasteiger partial charge in [0.1, 0.15) is 7.11 Å². The predicted molar refractivity (Wildman–Crippen MR) is 83.2 cm³/mol. The van der Waals surface area contributed by atoms with Crippen LogP contribution in [0.25, 0.3) is 10.2 Å². The SMILES string of the molecule is CCn1c(=NOC)sc2cc([N+](=O)[O-])ccc21.CON.Cl. The summed E-state index contributed by atoms with van der Waals surface area (Å²) in [5.41, 5.74) is 1.02. The maximum absolute atomic E-state index is 10.7. The first kappa shape index (κ1) is 19.3. The molecule has 0 aliphatic rings. The third kappa shape index (κ3) is 4.67. The van der Waals surface area contributed by atoms with Gasteiger partial charge in [0, 0.05) is 18.7 Å². The number of non-ortho nitro benzene ring substituents is 1. The van der Waals surface area contributed by atoms with Crippen LogP contribution in [0.5, 0.6) is 0 Å². The highest BCUT2D eigenvalue weighted by Gasteiger charge is 2.10. The fourth-order valence-corrected chi connectivity index (χ4v) is 2.74. The molecular weight excluding hydrogens is 320 g/mol. The number of nitro groups is 1. The molecule has 0 bridgehead atoms. The van der Waals surface area contributed by atoms with Crippen molar-refractivity contribution >= 4 is 39.6 Å². The van der Waals surface area contributed by atoms with Crippen LogP contribution in [0.2, 0.25) is 0 Å². The average molecular weight is 337 g/mol. The summed E-state index contributed by atoms with van der Waals surface area (Å²) in [5.74, 6) is 4.35. The standard InChI is InChI=1S/C10H11N3O3S.CH5NO.ClH/c1-3-12-8-5-4-7(13(14)15)6-9(8)17-10(12)11-16-2;1-3-2;/h4-6H,3H2,1-2H3;2H2,1H3;1H. The molecule has 21 heavy (non-hydrogen) atoms. The Bertz CT molecular complexity index is 655. The maximum atomic E-state index is 10.7. The molecule has 0 saturated heterocycles. The lowest BCUT2D eigenvalue weighted by molar-refractivity contribution is -0.384. The van der Waals surface area contributed by atoms with Crippen LogP contribution in [0.4, 0.5) is 5.69 Å². The average Bonchev–Trinajstić information content (AvgIpc) is 2.76. The van der Waals surface area contributed by atoms with Crippen LogP contribution in [-0.4, -0.2) is 23.7 Å². The monoisotopic (exact) mass is 336 g/mol. The highest BCUT2D eigenvalue weighted by atomic mass is 35.5. The Labute approximate surface area is 131 Å². The van der Waals surface area contributed by atoms with E-state index in [4.69, 9.17) is 4.84 Å². The van der Waals surface area contributed by atoms with E-state index in [1.165, 1.54) is 31.6 Å². The number of nitro benzene ring substituents is 1. The van der Waals surface area contributed by atoms with Crippen LogP contribution in [0.15, 0.2) is 23.4 Å². The van der Waals surface area contributed by atoms with Crippen molar-refractivity contribution in [2.24, 2.45) is 11.1 Å². The van der Waals surface area contributed by atoms with E-state index in [0.29, 0.717) is 4.80 Å². The number of aromatic nitrogens is 1. The van der Waals surface area contributed by atoms with E-state index in [1.54, 1.807) is 12.1 Å². The molecule has 0 saturated carbocycles. The summed E-state index contributed by atoms with van der Waals surface area (Å²) < 4.78 is 2.78. The molecule has 1 aromatic carbocycles. The largest absolute Gasteiger partial charge is 0.397 e. The van der Waals surface area contributed by atoms with Crippen LogP contribution < -0.4 is 10.7 Å². The molecule has 8 nitrogen and oxygen atoms in total. The number of thiazole rings is 1.